The summed E-state index contributed by atoms with van der Waals surface area (Å²) in [6, 6.07) is 6.17. The maximum Gasteiger partial charge on any atom is 0.341 e. The van der Waals surface area contributed by atoms with Crippen LogP contribution in [0, 0.1) is 0 Å². The van der Waals surface area contributed by atoms with Crippen LogP contribution < -0.4 is 10.1 Å². The molecule has 3 heterocycles. The lowest BCUT2D eigenvalue weighted by molar-refractivity contribution is -0.134. The molecule has 2 aromatic rings. The predicted octanol–water partition coefficient (Wildman–Crippen LogP) is 4.22. The Labute approximate surface area is 173 Å². The van der Waals surface area contributed by atoms with Gasteiger partial charge in [0.15, 0.2) is 5.78 Å². The first-order chi connectivity index (χ1) is 13.8. The topological polar surface area (TPSA) is 75.6 Å². The van der Waals surface area contributed by atoms with Crippen molar-refractivity contribution < 1.29 is 19.4 Å². The Bertz CT molecular complexity index is 1060. The Balaban J connectivity index is 1.93. The molecule has 2 aliphatic rings. The molecule has 0 radical (unpaired) electrons. The molecule has 0 atom stereocenters. The molecule has 0 saturated carbocycles. The number of thiophene rings is 1. The molecule has 150 valence electrons. The molecule has 0 aliphatic carbocycles. The van der Waals surface area contributed by atoms with E-state index in [1.807, 2.05) is 18.4 Å². The van der Waals surface area contributed by atoms with Crippen LogP contribution in [0.1, 0.15) is 37.5 Å². The summed E-state index contributed by atoms with van der Waals surface area (Å²) in [6.07, 6.45) is 4.24. The van der Waals surface area contributed by atoms with Crippen molar-refractivity contribution in [3.63, 3.8) is 0 Å². The number of benzene rings is 1. The molecule has 0 bridgehead atoms. The first-order valence-electron chi connectivity index (χ1n) is 9.58. The van der Waals surface area contributed by atoms with E-state index >= 15 is 0 Å². The molecular formula is C23H23NO4S. The van der Waals surface area contributed by atoms with E-state index in [2.05, 4.69) is 31.3 Å². The second-order valence-corrected chi connectivity index (χ2v) is 8.98. The van der Waals surface area contributed by atoms with E-state index in [0.717, 1.165) is 39.3 Å². The molecule has 0 spiro atoms. The standard InChI is InChI=1S/C23H23NO4S/c1-13-9-19(25)18(22(26)27)12-24-7-6-14-15(13)10-16(20-5-4-8-29-20)21-17(14)11-23(2,3)28-21/h4-5,8-10,12,24H,6-7,11H2,1-3H3,(H,26,27)/b13-9+,18-12+. The monoisotopic (exact) mass is 409 g/mol. The number of hydrogen-bond donors (Lipinski definition) is 2. The van der Waals surface area contributed by atoms with E-state index in [4.69, 9.17) is 4.74 Å². The van der Waals surface area contributed by atoms with E-state index in [-0.39, 0.29) is 11.2 Å². The molecule has 1 aromatic heterocycles. The third kappa shape index (κ3) is 3.60. The second-order valence-electron chi connectivity index (χ2n) is 8.03. The Morgan fingerprint density at radius 1 is 1.28 bits per heavy atom. The van der Waals surface area contributed by atoms with Crippen molar-refractivity contribution in [1.29, 1.82) is 0 Å². The van der Waals surface area contributed by atoms with Crippen LogP contribution in [-0.2, 0) is 22.4 Å². The maximum atomic E-state index is 12.6. The van der Waals surface area contributed by atoms with Gasteiger partial charge in [-0.25, -0.2) is 4.79 Å². The van der Waals surface area contributed by atoms with Crippen LogP contribution in [0.15, 0.2) is 41.4 Å². The number of aliphatic carboxylic acids is 1. The lowest BCUT2D eigenvalue weighted by Crippen LogP contribution is -2.25. The Hall–Kier alpha value is -2.86. The van der Waals surface area contributed by atoms with Crippen molar-refractivity contribution in [3.05, 3.63) is 58.1 Å². The van der Waals surface area contributed by atoms with Crippen molar-refractivity contribution in [2.24, 2.45) is 0 Å². The zero-order valence-electron chi connectivity index (χ0n) is 16.7. The first-order valence-corrected chi connectivity index (χ1v) is 10.5. The average molecular weight is 410 g/mol. The number of rotatable bonds is 2. The van der Waals surface area contributed by atoms with Crippen LogP contribution >= 0.6 is 11.3 Å². The van der Waals surface area contributed by atoms with Crippen LogP contribution in [0.4, 0.5) is 0 Å². The fourth-order valence-corrected chi connectivity index (χ4v) is 4.75. The number of fused-ring (bicyclic) bond motifs is 3. The van der Waals surface area contributed by atoms with E-state index in [1.165, 1.54) is 17.8 Å². The number of ketones is 1. The van der Waals surface area contributed by atoms with Crippen molar-refractivity contribution in [1.82, 2.24) is 5.32 Å². The summed E-state index contributed by atoms with van der Waals surface area (Å²) < 4.78 is 6.36. The average Bonchev–Trinajstić information content (AvgIpc) is 3.27. The third-order valence-corrected chi connectivity index (χ3v) is 6.20. The summed E-state index contributed by atoms with van der Waals surface area (Å²) in [5.74, 6) is -0.810. The molecule has 5 nitrogen and oxygen atoms in total. The summed E-state index contributed by atoms with van der Waals surface area (Å²) in [7, 11) is 0. The number of carbonyl (C=O) groups is 2. The van der Waals surface area contributed by atoms with Gasteiger partial charge in [0.1, 0.15) is 16.9 Å². The van der Waals surface area contributed by atoms with Gasteiger partial charge in [-0.15, -0.1) is 11.3 Å². The van der Waals surface area contributed by atoms with Crippen LogP contribution in [0.2, 0.25) is 0 Å². The van der Waals surface area contributed by atoms with E-state index in [1.54, 1.807) is 11.3 Å². The summed E-state index contributed by atoms with van der Waals surface area (Å²) in [5, 5.41) is 14.4. The van der Waals surface area contributed by atoms with Crippen molar-refractivity contribution in [3.8, 4) is 16.2 Å². The lowest BCUT2D eigenvalue weighted by Gasteiger charge is -2.19. The highest BCUT2D eigenvalue weighted by atomic mass is 32.1. The number of carboxylic acid groups (broad SMARTS) is 1. The van der Waals surface area contributed by atoms with Gasteiger partial charge in [-0.2, -0.15) is 0 Å². The lowest BCUT2D eigenvalue weighted by atomic mass is 9.86. The second kappa shape index (κ2) is 7.19. The smallest absolute Gasteiger partial charge is 0.341 e. The van der Waals surface area contributed by atoms with Gasteiger partial charge in [0.25, 0.3) is 0 Å². The molecule has 0 fully saturated rings. The fraction of sp³-hybridized carbons (Fsp3) is 0.304. The molecule has 4 rings (SSSR count). The van der Waals surface area contributed by atoms with Gasteiger partial charge in [-0.1, -0.05) is 6.07 Å². The molecular weight excluding hydrogens is 386 g/mol. The normalized spacial score (nSPS) is 21.6. The van der Waals surface area contributed by atoms with E-state index in [0.29, 0.717) is 13.0 Å². The molecule has 0 unspecified atom stereocenters. The van der Waals surface area contributed by atoms with Crippen molar-refractivity contribution in [2.45, 2.75) is 39.2 Å². The summed E-state index contributed by atoms with van der Waals surface area (Å²) in [4.78, 5) is 25.1. The SMILES string of the molecule is C/C1=C\C(=O)/C(C(=O)O)=C\NCCc2c1cc(-c1cccs1)c1c2CC(C)(C)O1. The molecule has 2 aliphatic heterocycles. The molecule has 1 aromatic carbocycles. The van der Waals surface area contributed by atoms with Gasteiger partial charge in [0.05, 0.1) is 0 Å². The van der Waals surface area contributed by atoms with Crippen molar-refractivity contribution in [2.75, 3.05) is 6.54 Å². The van der Waals surface area contributed by atoms with Gasteiger partial charge in [0, 0.05) is 35.2 Å². The number of hydrogen-bond acceptors (Lipinski definition) is 5. The Morgan fingerprint density at radius 2 is 2.07 bits per heavy atom. The number of nitrogens with one attached hydrogen (secondary N) is 1. The Morgan fingerprint density at radius 3 is 2.76 bits per heavy atom. The van der Waals surface area contributed by atoms with Gasteiger partial charge in [-0.05, 0) is 67.5 Å². The van der Waals surface area contributed by atoms with Crippen LogP contribution in [0.5, 0.6) is 5.75 Å². The van der Waals surface area contributed by atoms with E-state index < -0.39 is 11.8 Å². The van der Waals surface area contributed by atoms with Crippen LogP contribution in [0.3, 0.4) is 0 Å². The minimum Gasteiger partial charge on any atom is -0.487 e. The molecule has 0 amide bonds. The zero-order valence-corrected chi connectivity index (χ0v) is 17.5. The minimum atomic E-state index is -1.23. The largest absolute Gasteiger partial charge is 0.487 e. The zero-order chi connectivity index (χ0) is 20.8. The minimum absolute atomic E-state index is 0.253. The predicted molar refractivity (Wildman–Crippen MR) is 114 cm³/mol. The summed E-state index contributed by atoms with van der Waals surface area (Å²) >= 11 is 1.65. The molecule has 6 heteroatoms. The van der Waals surface area contributed by atoms with E-state index in [9.17, 15) is 14.7 Å². The summed E-state index contributed by atoms with van der Waals surface area (Å²) in [6.45, 7) is 6.58. The highest BCUT2D eigenvalue weighted by Crippen LogP contribution is 2.47. The molecule has 2 N–H and O–H groups in total. The third-order valence-electron chi connectivity index (χ3n) is 5.30. The van der Waals surface area contributed by atoms with Gasteiger partial charge < -0.3 is 15.2 Å². The number of ether oxygens (including phenoxy) is 1. The summed E-state index contributed by atoms with van der Waals surface area (Å²) in [5.41, 5.74) is 4.57. The van der Waals surface area contributed by atoms with Crippen LogP contribution in [-0.4, -0.2) is 29.0 Å². The van der Waals surface area contributed by atoms with Crippen LogP contribution in [0.25, 0.3) is 16.0 Å². The van der Waals surface area contributed by atoms with Gasteiger partial charge >= 0.3 is 5.97 Å². The van der Waals surface area contributed by atoms with Gasteiger partial charge in [-0.3, -0.25) is 4.79 Å². The fourth-order valence-electron chi connectivity index (χ4n) is 4.01. The number of allylic oxidation sites excluding steroid dienone is 2. The Kier molecular flexibility index (Phi) is 4.82. The molecule has 29 heavy (non-hydrogen) atoms. The highest BCUT2D eigenvalue weighted by molar-refractivity contribution is 7.13. The molecule has 0 saturated heterocycles. The highest BCUT2D eigenvalue weighted by Gasteiger charge is 2.35. The maximum absolute atomic E-state index is 12.6. The number of carbonyl (C=O) groups excluding carboxylic acids is 1. The quantitative estimate of drug-likeness (QED) is 0.727. The first kappa shape index (κ1) is 19.5. The van der Waals surface area contributed by atoms with Crippen molar-refractivity contribution >= 4 is 28.7 Å². The van der Waals surface area contributed by atoms with Gasteiger partial charge in [0.2, 0.25) is 0 Å². The number of carboxylic acids is 1.